The molecule has 0 fully saturated rings. The minimum absolute atomic E-state index is 0.00870. The summed E-state index contributed by atoms with van der Waals surface area (Å²) in [5.74, 6) is -0.262. The molecule has 1 aromatic carbocycles. The lowest BCUT2D eigenvalue weighted by Crippen LogP contribution is -1.92. The van der Waals surface area contributed by atoms with Crippen LogP contribution in [0.4, 0.5) is 4.39 Å². The Morgan fingerprint density at radius 1 is 1.41 bits per heavy atom. The van der Waals surface area contributed by atoms with E-state index in [-0.39, 0.29) is 10.6 Å². The first-order valence-corrected chi connectivity index (χ1v) is 7.80. The van der Waals surface area contributed by atoms with Crippen LogP contribution in [0.2, 0.25) is 5.02 Å². The Morgan fingerprint density at radius 2 is 2.12 bits per heavy atom. The van der Waals surface area contributed by atoms with Gasteiger partial charge in [-0.1, -0.05) is 33.6 Å². The van der Waals surface area contributed by atoms with E-state index in [4.69, 9.17) is 11.6 Å². The van der Waals surface area contributed by atoms with E-state index in [0.717, 1.165) is 21.0 Å². The first kappa shape index (κ1) is 13.5. The van der Waals surface area contributed by atoms with Crippen LogP contribution in [-0.4, -0.2) is 0 Å². The molecule has 0 amide bonds. The number of rotatable bonds is 2. The highest BCUT2D eigenvalue weighted by Crippen LogP contribution is 2.41. The third-order valence-electron chi connectivity index (χ3n) is 2.39. The first-order chi connectivity index (χ1) is 8.00. The highest BCUT2D eigenvalue weighted by Gasteiger charge is 2.18. The molecule has 2 rings (SSSR count). The molecule has 1 aromatic heterocycles. The molecule has 0 radical (unpaired) electrons. The zero-order chi connectivity index (χ0) is 12.6. The summed E-state index contributed by atoms with van der Waals surface area (Å²) >= 11 is 14.6. The van der Waals surface area contributed by atoms with Crippen molar-refractivity contribution < 1.29 is 4.39 Å². The molecular weight excluding hydrogens is 390 g/mol. The van der Waals surface area contributed by atoms with Crippen molar-refractivity contribution in [2.75, 3.05) is 0 Å². The molecule has 0 aliphatic heterocycles. The van der Waals surface area contributed by atoms with E-state index in [9.17, 15) is 4.39 Å². The molecule has 0 bridgehead atoms. The summed E-state index contributed by atoms with van der Waals surface area (Å²) in [6.45, 7) is 1.97. The third kappa shape index (κ3) is 2.75. The van der Waals surface area contributed by atoms with Crippen molar-refractivity contribution in [2.24, 2.45) is 0 Å². The molecule has 5 heteroatoms. The number of hydrogen-bond donors (Lipinski definition) is 0. The van der Waals surface area contributed by atoms with Crippen molar-refractivity contribution in [3.63, 3.8) is 0 Å². The van der Waals surface area contributed by atoms with Gasteiger partial charge in [0.05, 0.1) is 14.3 Å². The highest BCUT2D eigenvalue weighted by molar-refractivity contribution is 9.10. The van der Waals surface area contributed by atoms with Gasteiger partial charge in [0.1, 0.15) is 5.82 Å². The van der Waals surface area contributed by atoms with Crippen LogP contribution in [0.1, 0.15) is 20.8 Å². The van der Waals surface area contributed by atoms with Gasteiger partial charge >= 0.3 is 0 Å². The summed E-state index contributed by atoms with van der Waals surface area (Å²) in [4.78, 5) is 1.04. The molecule has 0 aliphatic carbocycles. The zero-order valence-corrected chi connectivity index (χ0v) is 13.6. The van der Waals surface area contributed by atoms with Gasteiger partial charge in [0, 0.05) is 4.88 Å². The van der Waals surface area contributed by atoms with Crippen LogP contribution >= 0.6 is 54.8 Å². The molecule has 0 saturated heterocycles. The van der Waals surface area contributed by atoms with Crippen LogP contribution in [0.25, 0.3) is 0 Å². The average molecular weight is 399 g/mol. The maximum Gasteiger partial charge on any atom is 0.137 e. The van der Waals surface area contributed by atoms with Gasteiger partial charge in [-0.3, -0.25) is 0 Å². The molecule has 0 saturated carbocycles. The molecule has 1 unspecified atom stereocenters. The van der Waals surface area contributed by atoms with Crippen molar-refractivity contribution in [1.82, 2.24) is 0 Å². The molecule has 1 heterocycles. The lowest BCUT2D eigenvalue weighted by Gasteiger charge is -2.10. The molecule has 17 heavy (non-hydrogen) atoms. The molecule has 2 aromatic rings. The van der Waals surface area contributed by atoms with E-state index >= 15 is 0 Å². The summed E-state index contributed by atoms with van der Waals surface area (Å²) in [7, 11) is 0. The fraction of sp³-hybridized carbons (Fsp3) is 0.167. The van der Waals surface area contributed by atoms with Gasteiger partial charge in [0.15, 0.2) is 0 Å². The van der Waals surface area contributed by atoms with Crippen molar-refractivity contribution in [3.05, 3.63) is 54.9 Å². The minimum atomic E-state index is -0.262. The number of alkyl halides is 1. The van der Waals surface area contributed by atoms with Crippen molar-refractivity contribution in [1.29, 1.82) is 0 Å². The Bertz CT molecular complexity index is 553. The molecule has 0 aliphatic rings. The van der Waals surface area contributed by atoms with E-state index in [0.29, 0.717) is 4.47 Å². The summed E-state index contributed by atoms with van der Waals surface area (Å²) in [6, 6.07) is 4.97. The number of aryl methyl sites for hydroxylation is 1. The van der Waals surface area contributed by atoms with E-state index < -0.39 is 0 Å². The summed E-state index contributed by atoms with van der Waals surface area (Å²) in [5, 5.41) is 2.79. The minimum Gasteiger partial charge on any atom is -0.206 e. The second-order valence-electron chi connectivity index (χ2n) is 3.63. The monoisotopic (exact) mass is 396 g/mol. The number of hydrogen-bond acceptors (Lipinski definition) is 1. The third-order valence-corrected chi connectivity index (χ3v) is 6.07. The molecule has 0 nitrogen and oxygen atoms in total. The molecule has 1 atom stereocenters. The van der Waals surface area contributed by atoms with Crippen molar-refractivity contribution in [3.8, 4) is 0 Å². The number of benzene rings is 1. The molecular formula is C12H8Br2ClFS. The van der Waals surface area contributed by atoms with Gasteiger partial charge in [-0.25, -0.2) is 4.39 Å². The smallest absolute Gasteiger partial charge is 0.137 e. The number of halogens is 4. The van der Waals surface area contributed by atoms with E-state index in [1.807, 2.05) is 12.3 Å². The van der Waals surface area contributed by atoms with Gasteiger partial charge in [-0.2, -0.15) is 0 Å². The van der Waals surface area contributed by atoms with Gasteiger partial charge < -0.3 is 0 Å². The lowest BCUT2D eigenvalue weighted by molar-refractivity contribution is 0.620. The average Bonchev–Trinajstić information content (AvgIpc) is 2.63. The Morgan fingerprint density at radius 3 is 2.65 bits per heavy atom. The standard InChI is InChI=1S/C12H8Br2ClFS/c1-6-5-17-12(11(6)15)10(14)7-2-3-9(16)8(13)4-7/h2-5,10H,1H3. The summed E-state index contributed by atoms with van der Waals surface area (Å²) < 4.78 is 13.6. The molecule has 0 N–H and O–H groups in total. The second kappa shape index (κ2) is 5.39. The fourth-order valence-corrected chi connectivity index (χ4v) is 4.11. The highest BCUT2D eigenvalue weighted by atomic mass is 79.9. The largest absolute Gasteiger partial charge is 0.206 e. The Labute approximate surface area is 125 Å². The SMILES string of the molecule is Cc1csc(C(Br)c2ccc(F)c(Br)c2)c1Cl. The van der Waals surface area contributed by atoms with E-state index in [2.05, 4.69) is 31.9 Å². The van der Waals surface area contributed by atoms with Gasteiger partial charge in [-0.15, -0.1) is 11.3 Å². The van der Waals surface area contributed by atoms with E-state index in [1.165, 1.54) is 6.07 Å². The normalized spacial score (nSPS) is 12.8. The topological polar surface area (TPSA) is 0 Å². The Kier molecular flexibility index (Phi) is 4.29. The maximum atomic E-state index is 13.2. The maximum absolute atomic E-state index is 13.2. The predicted octanol–water partition coefficient (Wildman–Crippen LogP) is 6.10. The predicted molar refractivity (Wildman–Crippen MR) is 78.9 cm³/mol. The van der Waals surface area contributed by atoms with E-state index in [1.54, 1.807) is 23.5 Å². The van der Waals surface area contributed by atoms with Gasteiger partial charge in [0.2, 0.25) is 0 Å². The van der Waals surface area contributed by atoms with Crippen LogP contribution in [0.5, 0.6) is 0 Å². The van der Waals surface area contributed by atoms with Crippen LogP contribution in [-0.2, 0) is 0 Å². The van der Waals surface area contributed by atoms with Gasteiger partial charge in [0.25, 0.3) is 0 Å². The fourth-order valence-electron chi connectivity index (χ4n) is 1.44. The summed E-state index contributed by atoms with van der Waals surface area (Å²) in [5.41, 5.74) is 2.04. The Hall–Kier alpha value is 0.1000. The van der Waals surface area contributed by atoms with Crippen LogP contribution in [0.15, 0.2) is 28.1 Å². The number of thiophene rings is 1. The zero-order valence-electron chi connectivity index (χ0n) is 8.81. The molecule has 90 valence electrons. The van der Waals surface area contributed by atoms with Crippen LogP contribution in [0.3, 0.4) is 0 Å². The summed E-state index contributed by atoms with van der Waals surface area (Å²) in [6.07, 6.45) is 0. The van der Waals surface area contributed by atoms with Crippen molar-refractivity contribution >= 4 is 54.8 Å². The van der Waals surface area contributed by atoms with Gasteiger partial charge in [-0.05, 0) is 51.5 Å². The molecule has 0 spiro atoms. The van der Waals surface area contributed by atoms with Crippen molar-refractivity contribution in [2.45, 2.75) is 11.8 Å². The Balaban J connectivity index is 2.40. The first-order valence-electron chi connectivity index (χ1n) is 4.83. The quantitative estimate of drug-likeness (QED) is 0.537. The van der Waals surface area contributed by atoms with Crippen LogP contribution in [0, 0.1) is 12.7 Å². The van der Waals surface area contributed by atoms with Crippen LogP contribution < -0.4 is 0 Å². The second-order valence-corrected chi connectivity index (χ2v) is 6.69. The lowest BCUT2D eigenvalue weighted by atomic mass is 10.1.